The third kappa shape index (κ3) is 27.3. The number of hydrogen-bond acceptors (Lipinski definition) is 7. The number of unbranched alkanes of at least 4 members (excludes halogenated alkanes) is 7. The zero-order valence-electron chi connectivity index (χ0n) is 24.3. The van der Waals surface area contributed by atoms with Crippen LogP contribution in [0.2, 0.25) is 0 Å². The molecule has 8 nitrogen and oxygen atoms in total. The number of nitrogens with zero attached hydrogens (tertiary/aromatic N) is 1. The number of esters is 1. The molecule has 0 aromatic heterocycles. The van der Waals surface area contributed by atoms with E-state index in [0.29, 0.717) is 11.0 Å². The molecule has 2 atom stereocenters. The summed E-state index contributed by atoms with van der Waals surface area (Å²) in [5, 5.41) is 9.33. The van der Waals surface area contributed by atoms with Crippen LogP contribution in [0.4, 0.5) is 0 Å². The van der Waals surface area contributed by atoms with E-state index in [4.69, 9.17) is 13.8 Å². The van der Waals surface area contributed by atoms with Crippen molar-refractivity contribution in [3.05, 3.63) is 72.9 Å². The zero-order valence-corrected chi connectivity index (χ0v) is 25.2. The van der Waals surface area contributed by atoms with Crippen molar-refractivity contribution >= 4 is 13.8 Å². The number of likely N-dealkylation sites (N-methyl/N-ethyl adjacent to an activating group) is 1. The molecule has 0 fully saturated rings. The maximum atomic E-state index is 11.9. The van der Waals surface area contributed by atoms with E-state index in [9.17, 15) is 19.4 Å². The monoisotopic (exact) mass is 567 g/mol. The van der Waals surface area contributed by atoms with E-state index in [1.54, 1.807) is 12.2 Å². The molecule has 0 rings (SSSR count). The number of phosphoric ester groups is 1. The lowest BCUT2D eigenvalue weighted by atomic mass is 10.1. The van der Waals surface area contributed by atoms with Crippen molar-refractivity contribution in [2.45, 2.75) is 64.4 Å². The number of quaternary nitrogens is 1. The molecule has 0 saturated carbocycles. The number of ether oxygens (including phenoxy) is 1. The first kappa shape index (κ1) is 36.9. The topological polar surface area (TPSA) is 105 Å². The van der Waals surface area contributed by atoms with Crippen LogP contribution in [0, 0.1) is 0 Å². The summed E-state index contributed by atoms with van der Waals surface area (Å²) >= 11 is 0. The van der Waals surface area contributed by atoms with Crippen molar-refractivity contribution in [3.63, 3.8) is 0 Å². The van der Waals surface area contributed by atoms with Crippen LogP contribution in [0.5, 0.6) is 0 Å². The first-order chi connectivity index (χ1) is 18.6. The van der Waals surface area contributed by atoms with Gasteiger partial charge in [0.1, 0.15) is 19.3 Å². The van der Waals surface area contributed by atoms with Gasteiger partial charge in [-0.05, 0) is 12.8 Å². The molecule has 1 unspecified atom stereocenters. The molecule has 0 bridgehead atoms. The smallest absolute Gasteiger partial charge is 0.331 e. The van der Waals surface area contributed by atoms with Gasteiger partial charge in [-0.1, -0.05) is 112 Å². The first-order valence-electron chi connectivity index (χ1n) is 13.8. The number of allylic oxidation sites excluding steroid dienone is 11. The van der Waals surface area contributed by atoms with Crippen LogP contribution < -0.4 is 4.89 Å². The largest absolute Gasteiger partial charge is 0.756 e. The Morgan fingerprint density at radius 2 is 1.38 bits per heavy atom. The highest BCUT2D eigenvalue weighted by molar-refractivity contribution is 7.45. The Labute approximate surface area is 236 Å². The molecule has 0 aromatic rings. The van der Waals surface area contributed by atoms with Crippen molar-refractivity contribution in [3.8, 4) is 0 Å². The second kappa shape index (κ2) is 23.8. The maximum absolute atomic E-state index is 11.9. The van der Waals surface area contributed by atoms with Gasteiger partial charge in [0.25, 0.3) is 7.82 Å². The van der Waals surface area contributed by atoms with E-state index in [2.05, 4.69) is 19.1 Å². The lowest BCUT2D eigenvalue weighted by Gasteiger charge is -2.28. The second-order valence-corrected chi connectivity index (χ2v) is 11.5. The van der Waals surface area contributed by atoms with Gasteiger partial charge in [-0.25, -0.2) is 4.79 Å². The molecule has 0 heterocycles. The van der Waals surface area contributed by atoms with Gasteiger partial charge in [0.15, 0.2) is 0 Å². The normalized spacial score (nSPS) is 15.5. The second-order valence-electron chi connectivity index (χ2n) is 10.1. The SMILES string of the molecule is CCCCCCCCCC=CC=CC=CC=CC=CC=CC(=O)O[C@H](CO)COP(=O)([O-])OCC[N+](C)(C)C. The zero-order chi connectivity index (χ0) is 29.2. The van der Waals surface area contributed by atoms with E-state index in [1.807, 2.05) is 57.6 Å². The average Bonchev–Trinajstić information content (AvgIpc) is 2.87. The quantitative estimate of drug-likeness (QED) is 0.0429. The van der Waals surface area contributed by atoms with Crippen molar-refractivity contribution in [2.75, 3.05) is 47.5 Å². The Kier molecular flexibility index (Phi) is 22.5. The number of hydrogen-bond donors (Lipinski definition) is 1. The van der Waals surface area contributed by atoms with E-state index in [0.717, 1.165) is 6.42 Å². The highest BCUT2D eigenvalue weighted by Crippen LogP contribution is 2.38. The van der Waals surface area contributed by atoms with Gasteiger partial charge in [-0.2, -0.15) is 0 Å². The summed E-state index contributed by atoms with van der Waals surface area (Å²) in [5.41, 5.74) is 0. The highest BCUT2D eigenvalue weighted by Gasteiger charge is 2.18. The molecule has 0 radical (unpaired) electrons. The van der Waals surface area contributed by atoms with Gasteiger partial charge in [0, 0.05) is 6.08 Å². The van der Waals surface area contributed by atoms with Crippen molar-refractivity contribution in [2.24, 2.45) is 0 Å². The van der Waals surface area contributed by atoms with Crippen LogP contribution in [0.15, 0.2) is 72.9 Å². The average molecular weight is 568 g/mol. The molecule has 0 spiro atoms. The molecule has 0 saturated heterocycles. The molecule has 39 heavy (non-hydrogen) atoms. The van der Waals surface area contributed by atoms with Gasteiger partial charge >= 0.3 is 5.97 Å². The van der Waals surface area contributed by atoms with Crippen LogP contribution in [0.1, 0.15) is 58.3 Å². The molecule has 9 heteroatoms. The molecule has 0 aliphatic rings. The number of phosphoric acid groups is 1. The van der Waals surface area contributed by atoms with Crippen LogP contribution in [-0.2, 0) is 23.1 Å². The standard InChI is InChI=1S/C30H50NO7P/c1-5-6-7-8-9-10-11-12-13-14-15-16-17-18-19-20-21-22-23-24-30(33)38-29(27-32)28-37-39(34,35)36-26-25-31(2,3)4/h13-24,29,32H,5-12,25-28H2,1-4H3/t29-/m1/s1. The Hall–Kier alpha value is -2.06. The summed E-state index contributed by atoms with van der Waals surface area (Å²) in [7, 11) is 1.13. The van der Waals surface area contributed by atoms with Gasteiger partial charge in [-0.3, -0.25) is 4.57 Å². The van der Waals surface area contributed by atoms with Crippen LogP contribution in [0.25, 0.3) is 0 Å². The van der Waals surface area contributed by atoms with E-state index < -0.39 is 33.1 Å². The minimum absolute atomic E-state index is 0.0411. The fraction of sp³-hybridized carbons (Fsp3) is 0.567. The summed E-state index contributed by atoms with van der Waals surface area (Å²) in [6.45, 7) is 1.54. The van der Waals surface area contributed by atoms with Crippen molar-refractivity contribution in [1.29, 1.82) is 0 Å². The summed E-state index contributed by atoms with van der Waals surface area (Å²) in [5.74, 6) is -0.733. The van der Waals surface area contributed by atoms with Crippen molar-refractivity contribution < 1.29 is 37.6 Å². The number of aliphatic hydroxyl groups is 1. The predicted octanol–water partition coefficient (Wildman–Crippen LogP) is 5.58. The molecule has 0 aliphatic heterocycles. The minimum Gasteiger partial charge on any atom is -0.756 e. The summed E-state index contributed by atoms with van der Waals surface area (Å²) in [6, 6.07) is 0. The van der Waals surface area contributed by atoms with Crippen LogP contribution in [0.3, 0.4) is 0 Å². The van der Waals surface area contributed by atoms with E-state index in [1.165, 1.54) is 57.1 Å². The number of aliphatic hydroxyl groups excluding tert-OH is 1. The number of carbonyl (C=O) groups excluding carboxylic acids is 1. The first-order valence-corrected chi connectivity index (χ1v) is 15.3. The molecule has 0 amide bonds. The van der Waals surface area contributed by atoms with Gasteiger partial charge in [-0.15, -0.1) is 0 Å². The third-order valence-electron chi connectivity index (χ3n) is 5.26. The molecular weight excluding hydrogens is 517 g/mol. The van der Waals surface area contributed by atoms with Gasteiger partial charge < -0.3 is 28.3 Å². The lowest BCUT2D eigenvalue weighted by Crippen LogP contribution is -2.37. The Morgan fingerprint density at radius 1 is 0.846 bits per heavy atom. The fourth-order valence-corrected chi connectivity index (χ4v) is 3.74. The van der Waals surface area contributed by atoms with Crippen LogP contribution in [-0.4, -0.2) is 69.2 Å². The molecule has 222 valence electrons. The molecule has 1 N–H and O–H groups in total. The summed E-state index contributed by atoms with van der Waals surface area (Å²) in [6.07, 6.45) is 31.1. The minimum atomic E-state index is -4.56. The van der Waals surface area contributed by atoms with Crippen molar-refractivity contribution in [1.82, 2.24) is 0 Å². The Balaban J connectivity index is 4.11. The molecule has 0 aliphatic carbocycles. The Bertz CT molecular complexity index is 854. The summed E-state index contributed by atoms with van der Waals surface area (Å²) < 4.78 is 26.8. The number of carbonyl (C=O) groups is 1. The van der Waals surface area contributed by atoms with Crippen LogP contribution >= 0.6 is 7.82 Å². The number of rotatable bonds is 23. The molecule has 0 aromatic carbocycles. The maximum Gasteiger partial charge on any atom is 0.331 e. The predicted molar refractivity (Wildman–Crippen MR) is 157 cm³/mol. The lowest BCUT2D eigenvalue weighted by molar-refractivity contribution is -0.870. The highest BCUT2D eigenvalue weighted by atomic mass is 31.2. The van der Waals surface area contributed by atoms with Gasteiger partial charge in [0.2, 0.25) is 0 Å². The van der Waals surface area contributed by atoms with E-state index >= 15 is 0 Å². The fourth-order valence-electron chi connectivity index (χ4n) is 3.01. The molecular formula is C30H50NO7P. The van der Waals surface area contributed by atoms with Gasteiger partial charge in [0.05, 0.1) is 34.4 Å². The summed E-state index contributed by atoms with van der Waals surface area (Å²) in [4.78, 5) is 23.7. The Morgan fingerprint density at radius 3 is 1.95 bits per heavy atom. The third-order valence-corrected chi connectivity index (χ3v) is 6.22. The van der Waals surface area contributed by atoms with E-state index in [-0.39, 0.29) is 6.61 Å².